The van der Waals surface area contributed by atoms with Gasteiger partial charge in [-0.3, -0.25) is 0 Å². The molecule has 0 aliphatic rings. The SMILES string of the molecule is O=BOB=O.[O]=[Mg].[O]=[Mg]. The fourth-order valence-electron chi connectivity index (χ4n) is 0.0227. The van der Waals surface area contributed by atoms with Gasteiger partial charge < -0.3 is 0 Å². The second kappa shape index (κ2) is 37.9. The third kappa shape index (κ3) is 54.2. The minimum absolute atomic E-state index is 0.0625. The summed E-state index contributed by atoms with van der Waals surface area (Å²) in [6, 6.07) is 0. The van der Waals surface area contributed by atoms with Gasteiger partial charge in [-0.15, -0.1) is 0 Å². The Balaban J connectivity index is -0.0000000771. The Hall–Kier alpha value is 0.662. The maximum atomic E-state index is 8.95. The third-order valence-corrected chi connectivity index (χ3v) is 0.111. The second-order valence-corrected chi connectivity index (χ2v) is 0.329. The zero-order chi connectivity index (χ0) is 8.12. The van der Waals surface area contributed by atoms with Crippen LogP contribution in [0.4, 0.5) is 0 Å². The standard InChI is InChI=1S/B2O3.2Mg.2O/c3-1-5-2-4;;;;. The van der Waals surface area contributed by atoms with Crippen molar-refractivity contribution >= 4 is 58.1 Å². The molecule has 0 aromatic carbocycles. The number of hydrogen-bond acceptors (Lipinski definition) is 5. The van der Waals surface area contributed by atoms with Gasteiger partial charge in [-0.2, -0.15) is 0 Å². The van der Waals surface area contributed by atoms with E-state index >= 15 is 0 Å². The van der Waals surface area contributed by atoms with Crippen LogP contribution >= 0.6 is 0 Å². The number of rotatable bonds is 2. The average molecular weight is 150 g/mol. The van der Waals surface area contributed by atoms with Crippen LogP contribution in [0, 0.1) is 0 Å². The first-order valence-corrected chi connectivity index (χ1v) is 2.67. The van der Waals surface area contributed by atoms with Crippen molar-refractivity contribution in [3.63, 3.8) is 0 Å². The molecule has 0 atom stereocenters. The van der Waals surface area contributed by atoms with Gasteiger partial charge in [-0.1, -0.05) is 0 Å². The zero-order valence-corrected chi connectivity index (χ0v) is 7.44. The van der Waals surface area contributed by atoms with E-state index in [0.29, 0.717) is 43.4 Å². The molecule has 40 valence electrons. The molecule has 0 aromatic rings. The van der Waals surface area contributed by atoms with E-state index in [0.717, 1.165) is 0 Å². The second-order valence-electron chi connectivity index (χ2n) is 0.329. The van der Waals surface area contributed by atoms with Gasteiger partial charge in [0.1, 0.15) is 0 Å². The zero-order valence-electron chi connectivity index (χ0n) is 4.61. The molecule has 0 radical (unpaired) electrons. The first kappa shape index (κ1) is 16.3. The molecule has 0 bridgehead atoms. The van der Waals surface area contributed by atoms with Crippen molar-refractivity contribution in [2.45, 2.75) is 0 Å². The van der Waals surface area contributed by atoms with E-state index in [9.17, 15) is 0 Å². The topological polar surface area (TPSA) is 77.5 Å². The predicted octanol–water partition coefficient (Wildman–Crippen LogP) is -2.07. The third-order valence-electron chi connectivity index (χ3n) is 0.111. The Kier molecular flexibility index (Phi) is 68.8. The molecule has 0 amide bonds. The fourth-order valence-corrected chi connectivity index (χ4v) is 0.0227. The van der Waals surface area contributed by atoms with Crippen LogP contribution in [-0.2, 0) is 20.3 Å². The molecule has 0 N–H and O–H groups in total. The summed E-state index contributed by atoms with van der Waals surface area (Å²) >= 11 is 1.22. The van der Waals surface area contributed by atoms with Crippen LogP contribution in [0.25, 0.3) is 0 Å². The molecule has 9 heteroatoms. The Morgan fingerprint density at radius 3 is 1.11 bits per heavy atom. The molecule has 5 nitrogen and oxygen atoms in total. The van der Waals surface area contributed by atoms with Crippen LogP contribution in [0.2, 0.25) is 0 Å². The van der Waals surface area contributed by atoms with Crippen molar-refractivity contribution in [1.29, 1.82) is 0 Å². The van der Waals surface area contributed by atoms with Crippen LogP contribution in [0.5, 0.6) is 0 Å². The van der Waals surface area contributed by atoms with Crippen LogP contribution in [-0.4, -0.2) is 58.1 Å². The molecule has 0 fully saturated rings. The summed E-state index contributed by atoms with van der Waals surface area (Å²) in [5.74, 6) is 0. The van der Waals surface area contributed by atoms with Crippen molar-refractivity contribution in [2.24, 2.45) is 0 Å². The summed E-state index contributed by atoms with van der Waals surface area (Å²) in [5.41, 5.74) is 0. The summed E-state index contributed by atoms with van der Waals surface area (Å²) in [6.07, 6.45) is 0. The van der Waals surface area contributed by atoms with Gasteiger partial charge in [-0.25, -0.2) is 0 Å². The molecule has 0 saturated heterocycles. The van der Waals surface area contributed by atoms with E-state index < -0.39 is 0 Å². The Bertz CT molecular complexity index is 58.0. The van der Waals surface area contributed by atoms with E-state index in [2.05, 4.69) is 4.57 Å². The monoisotopic (exact) mass is 150 g/mol. The Morgan fingerprint density at radius 2 is 1.11 bits per heavy atom. The van der Waals surface area contributed by atoms with E-state index in [1.165, 1.54) is 0 Å². The molecule has 0 spiro atoms. The van der Waals surface area contributed by atoms with Crippen molar-refractivity contribution in [2.75, 3.05) is 0 Å². The van der Waals surface area contributed by atoms with Gasteiger partial charge in [0.2, 0.25) is 0 Å². The summed E-state index contributed by atoms with van der Waals surface area (Å²) in [4.78, 5) is 0. The van der Waals surface area contributed by atoms with Crippen LogP contribution < -0.4 is 0 Å². The van der Waals surface area contributed by atoms with E-state index in [1.807, 2.05) is 0 Å². The van der Waals surface area contributed by atoms with Crippen molar-refractivity contribution in [3.05, 3.63) is 0 Å². The van der Waals surface area contributed by atoms with Crippen LogP contribution in [0.15, 0.2) is 0 Å². The maximum absolute atomic E-state index is 8.95. The molecule has 0 saturated carbocycles. The van der Waals surface area contributed by atoms with Gasteiger partial charge in [0.05, 0.1) is 0 Å². The van der Waals surface area contributed by atoms with E-state index in [4.69, 9.17) is 15.8 Å². The van der Waals surface area contributed by atoms with Crippen LogP contribution in [0.1, 0.15) is 0 Å². The minimum atomic E-state index is 0.0625. The molecule has 0 rings (SSSR count). The number of hydrogen-bond donors (Lipinski definition) is 0. The van der Waals surface area contributed by atoms with Crippen molar-refractivity contribution in [1.82, 2.24) is 0 Å². The summed E-state index contributed by atoms with van der Waals surface area (Å²) in [7, 11) is 0.125. The van der Waals surface area contributed by atoms with Gasteiger partial charge >= 0.3 is 78.4 Å². The molecule has 0 aromatic heterocycles. The predicted molar refractivity (Wildman–Crippen MR) is 26.8 cm³/mol. The quantitative estimate of drug-likeness (QED) is 0.423. The van der Waals surface area contributed by atoms with Gasteiger partial charge in [0.15, 0.2) is 0 Å². The molecular weight excluding hydrogens is 150 g/mol. The fraction of sp³-hybridized carbons (Fsp3) is 0. The van der Waals surface area contributed by atoms with E-state index in [-0.39, 0.29) is 14.7 Å². The summed E-state index contributed by atoms with van der Waals surface area (Å²) < 4.78 is 37.9. The first-order chi connectivity index (χ1) is 4.41. The Labute approximate surface area is 78.1 Å². The molecule has 0 heterocycles. The summed E-state index contributed by atoms with van der Waals surface area (Å²) in [5, 5.41) is 0. The molecule has 9 heavy (non-hydrogen) atoms. The van der Waals surface area contributed by atoms with Crippen molar-refractivity contribution in [3.8, 4) is 0 Å². The van der Waals surface area contributed by atoms with Crippen molar-refractivity contribution < 1.29 is 20.3 Å². The van der Waals surface area contributed by atoms with E-state index in [1.54, 1.807) is 0 Å². The molecule has 0 aliphatic carbocycles. The molecular formula is B2Mg2O5. The van der Waals surface area contributed by atoms with Gasteiger partial charge in [-0.05, 0) is 0 Å². The molecule has 0 unspecified atom stereocenters. The van der Waals surface area contributed by atoms with Gasteiger partial charge in [0, 0.05) is 0 Å². The average Bonchev–Trinajstić information content (AvgIpc) is 1.98. The Morgan fingerprint density at radius 1 is 0.889 bits per heavy atom. The first-order valence-electron chi connectivity index (χ1n) is 1.52. The van der Waals surface area contributed by atoms with Crippen LogP contribution in [0.3, 0.4) is 0 Å². The molecule has 0 aliphatic heterocycles. The summed E-state index contributed by atoms with van der Waals surface area (Å²) in [6.45, 7) is 0. The normalized spacial score (nSPS) is 3.56. The van der Waals surface area contributed by atoms with Gasteiger partial charge in [0.25, 0.3) is 0 Å².